The van der Waals surface area contributed by atoms with Gasteiger partial charge in [-0.15, -0.1) is 22.7 Å². The molecule has 0 aliphatic carbocycles. The molecule has 0 bridgehead atoms. The van der Waals surface area contributed by atoms with Gasteiger partial charge >= 0.3 is 0 Å². The van der Waals surface area contributed by atoms with Crippen molar-refractivity contribution in [2.75, 3.05) is 20.0 Å². The Bertz CT molecular complexity index is 3560. The van der Waals surface area contributed by atoms with Gasteiger partial charge in [0.2, 0.25) is 0 Å². The van der Waals surface area contributed by atoms with Crippen LogP contribution in [0.2, 0.25) is 0 Å². The summed E-state index contributed by atoms with van der Waals surface area (Å²) >= 11 is 6.93. The van der Waals surface area contributed by atoms with Gasteiger partial charge in [0, 0.05) is 87.7 Å². The highest BCUT2D eigenvalue weighted by Crippen LogP contribution is 2.46. The Labute approximate surface area is 442 Å². The van der Waals surface area contributed by atoms with Crippen LogP contribution in [0.5, 0.6) is 11.5 Å². The molecule has 2 heterocycles. The molecule has 0 radical (unpaired) electrons. The predicted octanol–water partition coefficient (Wildman–Crippen LogP) is 19.8. The van der Waals surface area contributed by atoms with Crippen molar-refractivity contribution in [1.82, 2.24) is 0 Å². The zero-order valence-electron chi connectivity index (χ0n) is 39.5. The van der Waals surface area contributed by atoms with Crippen molar-refractivity contribution in [3.63, 3.8) is 0 Å². The summed E-state index contributed by atoms with van der Waals surface area (Å²) in [5.74, 6) is 0.444. The van der Waals surface area contributed by atoms with E-state index in [-0.39, 0.29) is 11.5 Å². The Morgan fingerprint density at radius 1 is 0.315 bits per heavy atom. The lowest BCUT2D eigenvalue weighted by Crippen LogP contribution is -2.13. The number of thiophene rings is 2. The van der Waals surface area contributed by atoms with E-state index in [0.717, 1.165) is 67.0 Å². The van der Waals surface area contributed by atoms with E-state index in [1.54, 1.807) is 34.8 Å². The summed E-state index contributed by atoms with van der Waals surface area (Å²) in [7, 11) is 0. The van der Waals surface area contributed by atoms with Gasteiger partial charge in [0.15, 0.2) is 0 Å². The first kappa shape index (κ1) is 48.0. The van der Waals surface area contributed by atoms with Crippen LogP contribution in [-0.4, -0.2) is 10.2 Å². The molecular formula is C64H49BrN4O2S2. The molecule has 12 rings (SSSR count). The van der Waals surface area contributed by atoms with E-state index in [4.69, 9.17) is 0 Å². The highest BCUT2D eigenvalue weighted by molar-refractivity contribution is 9.10. The number of hydrogen-bond donors (Lipinski definition) is 3. The molecule has 6 nitrogen and oxygen atoms in total. The van der Waals surface area contributed by atoms with E-state index in [1.165, 1.54) is 20.2 Å². The third-order valence-electron chi connectivity index (χ3n) is 11.8. The summed E-state index contributed by atoms with van der Waals surface area (Å²) < 4.78 is 3.31. The number of phenolic OH excluding ortho intramolecular Hbond substituents is 2. The van der Waals surface area contributed by atoms with E-state index in [0.29, 0.717) is 0 Å². The maximum absolute atomic E-state index is 11.0. The molecule has 3 N–H and O–H groups in total. The molecule has 73 heavy (non-hydrogen) atoms. The number of nitrogens with one attached hydrogen (secondary N) is 1. The van der Waals surface area contributed by atoms with Crippen LogP contribution in [0.15, 0.2) is 282 Å². The van der Waals surface area contributed by atoms with Crippen molar-refractivity contribution < 1.29 is 10.2 Å². The van der Waals surface area contributed by atoms with Crippen LogP contribution in [0.1, 0.15) is 0 Å². The molecule has 0 amide bonds. The standard InChI is InChI=1S/C32H24N2OS.C20H14BrNOS.C12H11N/c35-29-21-27(33(24-12-4-1-5-13-24)25-14-6-2-7-15-25)20-28(22-29)34(26-16-8-3-9-17-26)31-23-36-32-19-11-10-18-30(31)32;21-14-10-16(12-17(23)11-14)22(15-6-2-1-3-7-15)19-13-24-20-9-5-4-8-18(19)20;1-3-7-11(8-4-1)13-12-9-5-2-6-10-12/h1-23,35H;1-13,23H;1-10,13H. The van der Waals surface area contributed by atoms with Gasteiger partial charge in [-0.2, -0.15) is 0 Å². The molecule has 0 saturated carbocycles. The van der Waals surface area contributed by atoms with Crippen molar-refractivity contribution in [2.45, 2.75) is 0 Å². The first-order valence-corrected chi connectivity index (χ1v) is 26.2. The van der Waals surface area contributed by atoms with Crippen molar-refractivity contribution in [3.8, 4) is 11.5 Å². The van der Waals surface area contributed by atoms with Gasteiger partial charge in [-0.05, 0) is 103 Å². The Morgan fingerprint density at radius 2 is 0.630 bits per heavy atom. The smallest absolute Gasteiger partial charge is 0.119 e. The summed E-state index contributed by atoms with van der Waals surface area (Å²) in [6, 6.07) is 89.4. The van der Waals surface area contributed by atoms with Gasteiger partial charge in [-0.3, -0.25) is 0 Å². The molecule has 0 aliphatic rings. The minimum Gasteiger partial charge on any atom is -0.508 e. The van der Waals surface area contributed by atoms with Crippen LogP contribution in [0.3, 0.4) is 0 Å². The maximum Gasteiger partial charge on any atom is 0.119 e. The molecule has 12 aromatic rings. The lowest BCUT2D eigenvalue weighted by molar-refractivity contribution is 0.475. The van der Waals surface area contributed by atoms with Crippen LogP contribution in [0.4, 0.5) is 62.6 Å². The highest BCUT2D eigenvalue weighted by Gasteiger charge is 2.21. The van der Waals surface area contributed by atoms with Gasteiger partial charge in [-0.25, -0.2) is 0 Å². The van der Waals surface area contributed by atoms with Crippen LogP contribution >= 0.6 is 38.6 Å². The van der Waals surface area contributed by atoms with E-state index < -0.39 is 0 Å². The first-order chi connectivity index (χ1) is 35.9. The van der Waals surface area contributed by atoms with Gasteiger partial charge < -0.3 is 30.2 Å². The summed E-state index contributed by atoms with van der Waals surface area (Å²) in [5, 5.41) is 31.1. The number of fused-ring (bicyclic) bond motifs is 2. The number of aromatic hydroxyl groups is 2. The molecule has 0 spiro atoms. The maximum atomic E-state index is 11.0. The lowest BCUT2D eigenvalue weighted by Gasteiger charge is -2.29. The second-order valence-corrected chi connectivity index (χ2v) is 19.6. The van der Waals surface area contributed by atoms with E-state index in [2.05, 4.69) is 150 Å². The van der Waals surface area contributed by atoms with Crippen molar-refractivity contribution in [1.29, 1.82) is 0 Å². The number of nitrogens with zero attached hydrogens (tertiary/aromatic N) is 3. The summed E-state index contributed by atoms with van der Waals surface area (Å²) in [6.45, 7) is 0. The highest BCUT2D eigenvalue weighted by atomic mass is 79.9. The van der Waals surface area contributed by atoms with Gasteiger partial charge in [0.25, 0.3) is 0 Å². The molecule has 0 atom stereocenters. The minimum atomic E-state index is 0.208. The predicted molar refractivity (Wildman–Crippen MR) is 315 cm³/mol. The van der Waals surface area contributed by atoms with Crippen molar-refractivity contribution in [2.24, 2.45) is 0 Å². The van der Waals surface area contributed by atoms with Crippen molar-refractivity contribution in [3.05, 3.63) is 282 Å². The Morgan fingerprint density at radius 3 is 1.03 bits per heavy atom. The fourth-order valence-corrected chi connectivity index (χ4v) is 10.9. The number of benzene rings is 10. The van der Waals surface area contributed by atoms with Gasteiger partial charge in [0.05, 0.1) is 28.4 Å². The minimum absolute atomic E-state index is 0.208. The zero-order chi connectivity index (χ0) is 49.8. The van der Waals surface area contributed by atoms with E-state index in [9.17, 15) is 10.2 Å². The molecule has 0 saturated heterocycles. The summed E-state index contributed by atoms with van der Waals surface area (Å²) in [4.78, 5) is 6.55. The molecule has 2 aromatic heterocycles. The number of phenols is 2. The second-order valence-electron chi connectivity index (χ2n) is 16.8. The molecule has 10 aromatic carbocycles. The third kappa shape index (κ3) is 11.6. The number of rotatable bonds is 11. The number of para-hydroxylation sites is 6. The normalized spacial score (nSPS) is 10.6. The van der Waals surface area contributed by atoms with Crippen LogP contribution in [-0.2, 0) is 0 Å². The fourth-order valence-electron chi connectivity index (χ4n) is 8.62. The second kappa shape index (κ2) is 23.1. The molecular weight excluding hydrogens is 1000 g/mol. The monoisotopic (exact) mass is 1050 g/mol. The topological polar surface area (TPSA) is 62.2 Å². The van der Waals surface area contributed by atoms with Crippen LogP contribution in [0.25, 0.3) is 20.2 Å². The van der Waals surface area contributed by atoms with E-state index >= 15 is 0 Å². The Balaban J connectivity index is 0.000000141. The van der Waals surface area contributed by atoms with E-state index in [1.807, 2.05) is 152 Å². The fraction of sp³-hybridized carbons (Fsp3) is 0. The quantitative estimate of drug-likeness (QED) is 0.120. The van der Waals surface area contributed by atoms with Gasteiger partial charge in [-0.1, -0.05) is 162 Å². The summed E-state index contributed by atoms with van der Waals surface area (Å²) in [6.07, 6.45) is 0. The Hall–Kier alpha value is -8.60. The zero-order valence-corrected chi connectivity index (χ0v) is 42.7. The first-order valence-electron chi connectivity index (χ1n) is 23.7. The average Bonchev–Trinajstić information content (AvgIpc) is 4.06. The molecule has 9 heteroatoms. The lowest BCUT2D eigenvalue weighted by atomic mass is 10.1. The third-order valence-corrected chi connectivity index (χ3v) is 14.2. The molecule has 0 fully saturated rings. The van der Waals surface area contributed by atoms with Gasteiger partial charge in [0.1, 0.15) is 11.5 Å². The largest absolute Gasteiger partial charge is 0.508 e. The Kier molecular flexibility index (Phi) is 15.2. The SMILES string of the molecule is Oc1cc(Br)cc(N(c2ccccc2)c2csc3ccccc23)c1.Oc1cc(N(c2ccccc2)c2ccccc2)cc(N(c2ccccc2)c2csc3ccccc23)c1.c1ccc(Nc2ccccc2)cc1. The number of hydrogen-bond acceptors (Lipinski definition) is 8. The molecule has 356 valence electrons. The summed E-state index contributed by atoms with van der Waals surface area (Å²) in [5.41, 5.74) is 11.2. The number of anilines is 11. The van der Waals surface area contributed by atoms with Crippen molar-refractivity contribution >= 4 is 121 Å². The average molecular weight is 1050 g/mol. The van der Waals surface area contributed by atoms with Crippen LogP contribution in [0, 0.1) is 0 Å². The molecule has 0 aliphatic heterocycles. The van der Waals surface area contributed by atoms with Crippen LogP contribution < -0.4 is 20.0 Å². The number of halogens is 1. The molecule has 0 unspecified atom stereocenters.